The number of amides is 1. The topological polar surface area (TPSA) is 78.8 Å². The molecule has 0 fully saturated rings. The van der Waals surface area contributed by atoms with Gasteiger partial charge in [-0.1, -0.05) is 62.9 Å². The number of hydrazone groups is 1. The van der Waals surface area contributed by atoms with Crippen molar-refractivity contribution in [3.63, 3.8) is 0 Å². The molecule has 23 heavy (non-hydrogen) atoms. The van der Waals surface area contributed by atoms with Gasteiger partial charge in [-0.25, -0.2) is 5.43 Å². The standard InChI is InChI=1S/C18H26N2O3/c1-2-3-4-5-9-12-17(21)20-19-16(13-14-18(22)23)15-10-7-6-8-11-15/h6-8,10-11H,2-5,9,12-14H2,1H3,(H,20,21)(H,22,23)/b19-16+. The Balaban J connectivity index is 2.52. The van der Waals surface area contributed by atoms with E-state index < -0.39 is 5.97 Å². The van der Waals surface area contributed by atoms with Crippen molar-refractivity contribution in [3.8, 4) is 0 Å². The number of nitrogens with zero attached hydrogens (tertiary/aromatic N) is 1. The molecule has 1 aromatic carbocycles. The van der Waals surface area contributed by atoms with Gasteiger partial charge in [-0.05, 0) is 12.0 Å². The maximum absolute atomic E-state index is 11.8. The van der Waals surface area contributed by atoms with Crippen molar-refractivity contribution in [3.05, 3.63) is 35.9 Å². The van der Waals surface area contributed by atoms with Crippen LogP contribution in [0.1, 0.15) is 63.9 Å². The van der Waals surface area contributed by atoms with E-state index in [1.807, 2.05) is 30.3 Å². The number of rotatable bonds is 11. The predicted octanol–water partition coefficient (Wildman–Crippen LogP) is 3.73. The molecule has 0 aromatic heterocycles. The maximum atomic E-state index is 11.8. The van der Waals surface area contributed by atoms with E-state index in [4.69, 9.17) is 5.11 Å². The molecule has 0 radical (unpaired) electrons. The van der Waals surface area contributed by atoms with Crippen molar-refractivity contribution >= 4 is 17.6 Å². The Morgan fingerprint density at radius 2 is 1.70 bits per heavy atom. The summed E-state index contributed by atoms with van der Waals surface area (Å²) in [5.74, 6) is -0.999. The number of hydrogen-bond acceptors (Lipinski definition) is 3. The highest BCUT2D eigenvalue weighted by atomic mass is 16.4. The summed E-state index contributed by atoms with van der Waals surface area (Å²) in [7, 11) is 0. The SMILES string of the molecule is CCCCCCCC(=O)N/N=C(\CCC(=O)O)c1ccccc1. The average molecular weight is 318 g/mol. The molecule has 0 saturated heterocycles. The monoisotopic (exact) mass is 318 g/mol. The van der Waals surface area contributed by atoms with Gasteiger partial charge in [0.1, 0.15) is 0 Å². The quantitative estimate of drug-likeness (QED) is 0.371. The van der Waals surface area contributed by atoms with E-state index in [1.54, 1.807) is 0 Å². The summed E-state index contributed by atoms with van der Waals surface area (Å²) in [5, 5.41) is 13.0. The van der Waals surface area contributed by atoms with Crippen LogP contribution in [0.15, 0.2) is 35.4 Å². The van der Waals surface area contributed by atoms with Crippen LogP contribution in [0, 0.1) is 0 Å². The van der Waals surface area contributed by atoms with Crippen LogP contribution in [-0.2, 0) is 9.59 Å². The van der Waals surface area contributed by atoms with E-state index in [0.29, 0.717) is 12.1 Å². The Morgan fingerprint density at radius 3 is 2.35 bits per heavy atom. The van der Waals surface area contributed by atoms with E-state index in [2.05, 4.69) is 17.5 Å². The van der Waals surface area contributed by atoms with Crippen molar-refractivity contribution in [2.24, 2.45) is 5.10 Å². The van der Waals surface area contributed by atoms with Gasteiger partial charge in [-0.3, -0.25) is 9.59 Å². The van der Waals surface area contributed by atoms with Crippen LogP contribution in [0.3, 0.4) is 0 Å². The number of carbonyl (C=O) groups excluding carboxylic acids is 1. The van der Waals surface area contributed by atoms with Gasteiger partial charge >= 0.3 is 5.97 Å². The van der Waals surface area contributed by atoms with Gasteiger partial charge in [-0.2, -0.15) is 5.10 Å². The van der Waals surface area contributed by atoms with E-state index in [-0.39, 0.29) is 18.7 Å². The summed E-state index contributed by atoms with van der Waals surface area (Å²) in [6.07, 6.45) is 6.17. The lowest BCUT2D eigenvalue weighted by Gasteiger charge is -2.06. The molecular weight excluding hydrogens is 292 g/mol. The minimum Gasteiger partial charge on any atom is -0.481 e. The van der Waals surface area contributed by atoms with Gasteiger partial charge in [0.15, 0.2) is 0 Å². The van der Waals surface area contributed by atoms with Crippen LogP contribution < -0.4 is 5.43 Å². The summed E-state index contributed by atoms with van der Waals surface area (Å²) in [6, 6.07) is 9.32. The smallest absolute Gasteiger partial charge is 0.303 e. The molecule has 1 amide bonds. The Hall–Kier alpha value is -2.17. The second-order valence-electron chi connectivity index (χ2n) is 5.52. The number of carbonyl (C=O) groups is 2. The molecule has 1 aromatic rings. The number of carboxylic acid groups (broad SMARTS) is 1. The van der Waals surface area contributed by atoms with Crippen molar-refractivity contribution in [2.45, 2.75) is 58.3 Å². The first-order chi connectivity index (χ1) is 11.1. The molecule has 2 N–H and O–H groups in total. The molecule has 0 aliphatic heterocycles. The number of hydrogen-bond donors (Lipinski definition) is 2. The van der Waals surface area contributed by atoms with E-state index in [0.717, 1.165) is 24.8 Å². The van der Waals surface area contributed by atoms with Gasteiger partial charge in [-0.15, -0.1) is 0 Å². The first kappa shape index (κ1) is 18.9. The molecule has 0 saturated carbocycles. The molecule has 0 spiro atoms. The number of benzene rings is 1. The van der Waals surface area contributed by atoms with Crippen LogP contribution in [0.2, 0.25) is 0 Å². The fourth-order valence-electron chi connectivity index (χ4n) is 2.20. The molecule has 0 bridgehead atoms. The maximum Gasteiger partial charge on any atom is 0.303 e. The van der Waals surface area contributed by atoms with Crippen LogP contribution in [0.4, 0.5) is 0 Å². The molecule has 5 nitrogen and oxygen atoms in total. The minimum atomic E-state index is -0.879. The highest BCUT2D eigenvalue weighted by Gasteiger charge is 2.08. The zero-order chi connectivity index (χ0) is 16.9. The highest BCUT2D eigenvalue weighted by Crippen LogP contribution is 2.07. The fraction of sp³-hybridized carbons (Fsp3) is 0.500. The van der Waals surface area contributed by atoms with E-state index >= 15 is 0 Å². The average Bonchev–Trinajstić information content (AvgIpc) is 2.55. The number of aliphatic carboxylic acids is 1. The molecule has 126 valence electrons. The fourth-order valence-corrected chi connectivity index (χ4v) is 2.20. The molecule has 0 heterocycles. The normalized spacial score (nSPS) is 11.3. The molecule has 0 aliphatic carbocycles. The predicted molar refractivity (Wildman–Crippen MR) is 91.4 cm³/mol. The third-order valence-corrected chi connectivity index (χ3v) is 3.51. The summed E-state index contributed by atoms with van der Waals surface area (Å²) >= 11 is 0. The summed E-state index contributed by atoms with van der Waals surface area (Å²) in [6.45, 7) is 2.16. The highest BCUT2D eigenvalue weighted by molar-refractivity contribution is 6.02. The van der Waals surface area contributed by atoms with Gasteiger partial charge in [0.2, 0.25) is 5.91 Å². The van der Waals surface area contributed by atoms with E-state index in [9.17, 15) is 9.59 Å². The Morgan fingerprint density at radius 1 is 1.00 bits per heavy atom. The van der Waals surface area contributed by atoms with Crippen LogP contribution >= 0.6 is 0 Å². The molecule has 0 atom stereocenters. The molecule has 1 rings (SSSR count). The second-order valence-corrected chi connectivity index (χ2v) is 5.52. The van der Waals surface area contributed by atoms with Gasteiger partial charge in [0.05, 0.1) is 12.1 Å². The number of carboxylic acids is 1. The Bertz CT molecular complexity index is 512. The summed E-state index contributed by atoms with van der Waals surface area (Å²) in [4.78, 5) is 22.6. The number of nitrogens with one attached hydrogen (secondary N) is 1. The zero-order valence-corrected chi connectivity index (χ0v) is 13.8. The number of unbranched alkanes of at least 4 members (excludes halogenated alkanes) is 4. The van der Waals surface area contributed by atoms with Crippen molar-refractivity contribution in [1.29, 1.82) is 0 Å². The first-order valence-electron chi connectivity index (χ1n) is 8.26. The van der Waals surface area contributed by atoms with Crippen LogP contribution in [0.5, 0.6) is 0 Å². The van der Waals surface area contributed by atoms with Gasteiger partial charge in [0.25, 0.3) is 0 Å². The van der Waals surface area contributed by atoms with E-state index in [1.165, 1.54) is 12.8 Å². The van der Waals surface area contributed by atoms with Crippen LogP contribution in [-0.4, -0.2) is 22.7 Å². The first-order valence-corrected chi connectivity index (χ1v) is 8.26. The zero-order valence-electron chi connectivity index (χ0n) is 13.8. The third-order valence-electron chi connectivity index (χ3n) is 3.51. The molecule has 5 heteroatoms. The lowest BCUT2D eigenvalue weighted by Crippen LogP contribution is -2.20. The van der Waals surface area contributed by atoms with Crippen molar-refractivity contribution in [1.82, 2.24) is 5.43 Å². The van der Waals surface area contributed by atoms with Crippen molar-refractivity contribution < 1.29 is 14.7 Å². The van der Waals surface area contributed by atoms with Crippen molar-refractivity contribution in [2.75, 3.05) is 0 Å². The lowest BCUT2D eigenvalue weighted by molar-refractivity contribution is -0.136. The lowest BCUT2D eigenvalue weighted by atomic mass is 10.1. The molecule has 0 aliphatic rings. The Kier molecular flexibility index (Phi) is 9.36. The Labute approximate surface area is 137 Å². The molecular formula is C18H26N2O3. The van der Waals surface area contributed by atoms with Gasteiger partial charge in [0, 0.05) is 12.8 Å². The second kappa shape index (κ2) is 11.4. The minimum absolute atomic E-state index is 0.0133. The van der Waals surface area contributed by atoms with Crippen LogP contribution in [0.25, 0.3) is 0 Å². The summed E-state index contributed by atoms with van der Waals surface area (Å²) in [5.41, 5.74) is 3.97. The largest absolute Gasteiger partial charge is 0.481 e. The van der Waals surface area contributed by atoms with Gasteiger partial charge < -0.3 is 5.11 Å². The molecule has 0 unspecified atom stereocenters. The summed E-state index contributed by atoms with van der Waals surface area (Å²) < 4.78 is 0. The third kappa shape index (κ3) is 8.76.